The van der Waals surface area contributed by atoms with Crippen LogP contribution in [0.15, 0.2) is 41.3 Å². The minimum Gasteiger partial charge on any atom is -0.399 e. The van der Waals surface area contributed by atoms with E-state index in [0.717, 1.165) is 5.69 Å². The summed E-state index contributed by atoms with van der Waals surface area (Å²) in [6.07, 6.45) is 2.09. The smallest absolute Gasteiger partial charge is 0.0320 e. The van der Waals surface area contributed by atoms with E-state index in [-0.39, 0.29) is 0 Å². The Bertz CT molecular complexity index is 437. The van der Waals surface area contributed by atoms with Gasteiger partial charge < -0.3 is 5.73 Å². The topological polar surface area (TPSA) is 26.0 Å². The van der Waals surface area contributed by atoms with Gasteiger partial charge in [-0.25, -0.2) is 0 Å². The van der Waals surface area contributed by atoms with Gasteiger partial charge in [-0.05, 0) is 35.2 Å². The van der Waals surface area contributed by atoms with Crippen molar-refractivity contribution in [3.05, 3.63) is 36.4 Å². The van der Waals surface area contributed by atoms with Crippen LogP contribution in [0.3, 0.4) is 0 Å². The molecule has 2 aromatic rings. The number of rotatable bonds is 1. The molecule has 66 valence electrons. The zero-order chi connectivity index (χ0) is 9.26. The molecule has 0 bridgehead atoms. The summed E-state index contributed by atoms with van der Waals surface area (Å²) in [6.45, 7) is 0. The lowest BCUT2D eigenvalue weighted by Gasteiger charge is -2.03. The van der Waals surface area contributed by atoms with E-state index in [4.69, 9.17) is 5.73 Å². The highest BCUT2D eigenvalue weighted by molar-refractivity contribution is 7.98. The summed E-state index contributed by atoms with van der Waals surface area (Å²) in [5, 5.41) is 2.50. The molecular formula is C11H11NS. The number of hydrogen-bond donors (Lipinski definition) is 1. The number of hydrogen-bond acceptors (Lipinski definition) is 2. The van der Waals surface area contributed by atoms with Crippen LogP contribution in [0.1, 0.15) is 0 Å². The largest absolute Gasteiger partial charge is 0.399 e. The first kappa shape index (κ1) is 8.45. The van der Waals surface area contributed by atoms with Crippen LogP contribution in [-0.4, -0.2) is 6.26 Å². The van der Waals surface area contributed by atoms with Gasteiger partial charge in [0, 0.05) is 10.6 Å². The lowest BCUT2D eigenvalue weighted by molar-refractivity contribution is 1.55. The van der Waals surface area contributed by atoms with Gasteiger partial charge in [-0.15, -0.1) is 11.8 Å². The van der Waals surface area contributed by atoms with Gasteiger partial charge >= 0.3 is 0 Å². The van der Waals surface area contributed by atoms with Gasteiger partial charge in [0.05, 0.1) is 0 Å². The molecule has 2 aromatic carbocycles. The maximum Gasteiger partial charge on any atom is 0.0320 e. The van der Waals surface area contributed by atoms with Gasteiger partial charge in [0.25, 0.3) is 0 Å². The summed E-state index contributed by atoms with van der Waals surface area (Å²) in [5.41, 5.74) is 6.53. The van der Waals surface area contributed by atoms with Gasteiger partial charge in [-0.3, -0.25) is 0 Å². The molecule has 0 radical (unpaired) electrons. The van der Waals surface area contributed by atoms with Crippen molar-refractivity contribution < 1.29 is 0 Å². The number of nitrogens with two attached hydrogens (primary N) is 1. The molecule has 1 nitrogen and oxygen atoms in total. The third-order valence-electron chi connectivity index (χ3n) is 2.08. The summed E-state index contributed by atoms with van der Waals surface area (Å²) in [4.78, 5) is 1.30. The van der Waals surface area contributed by atoms with Gasteiger partial charge in [0.15, 0.2) is 0 Å². The van der Waals surface area contributed by atoms with Crippen molar-refractivity contribution in [1.29, 1.82) is 0 Å². The molecule has 0 aliphatic carbocycles. The predicted octanol–water partition coefficient (Wildman–Crippen LogP) is 3.14. The lowest BCUT2D eigenvalue weighted by atomic mass is 10.1. The van der Waals surface area contributed by atoms with Gasteiger partial charge in [-0.1, -0.05) is 18.2 Å². The molecule has 0 aromatic heterocycles. The van der Waals surface area contributed by atoms with Crippen molar-refractivity contribution in [3.8, 4) is 0 Å². The molecule has 0 atom stereocenters. The van der Waals surface area contributed by atoms with E-state index >= 15 is 0 Å². The van der Waals surface area contributed by atoms with Gasteiger partial charge in [-0.2, -0.15) is 0 Å². The molecule has 0 heterocycles. The standard InChI is InChI=1S/C11H11NS/c1-13-11-4-2-3-8-7-9(12)5-6-10(8)11/h2-7H,12H2,1H3. The summed E-state index contributed by atoms with van der Waals surface area (Å²) >= 11 is 1.76. The van der Waals surface area contributed by atoms with Crippen molar-refractivity contribution in [2.24, 2.45) is 0 Å². The van der Waals surface area contributed by atoms with E-state index in [1.54, 1.807) is 11.8 Å². The SMILES string of the molecule is CSc1cccc2cc(N)ccc12. The molecule has 0 aliphatic rings. The highest BCUT2D eigenvalue weighted by Crippen LogP contribution is 2.27. The van der Waals surface area contributed by atoms with Crippen molar-refractivity contribution in [1.82, 2.24) is 0 Å². The summed E-state index contributed by atoms with van der Waals surface area (Å²) < 4.78 is 0. The first-order valence-electron chi connectivity index (χ1n) is 4.13. The van der Waals surface area contributed by atoms with Crippen LogP contribution in [0.5, 0.6) is 0 Å². The van der Waals surface area contributed by atoms with E-state index < -0.39 is 0 Å². The highest BCUT2D eigenvalue weighted by Gasteiger charge is 1.98. The zero-order valence-corrected chi connectivity index (χ0v) is 8.27. The molecule has 0 saturated heterocycles. The van der Waals surface area contributed by atoms with E-state index in [9.17, 15) is 0 Å². The molecule has 0 unspecified atom stereocenters. The second-order valence-electron chi connectivity index (χ2n) is 2.94. The van der Waals surface area contributed by atoms with Crippen molar-refractivity contribution in [2.75, 3.05) is 12.0 Å². The third-order valence-corrected chi connectivity index (χ3v) is 2.88. The quantitative estimate of drug-likeness (QED) is 0.551. The second-order valence-corrected chi connectivity index (χ2v) is 3.79. The summed E-state index contributed by atoms with van der Waals surface area (Å²) in [6, 6.07) is 12.3. The van der Waals surface area contributed by atoms with E-state index in [0.29, 0.717) is 0 Å². The first-order valence-corrected chi connectivity index (χ1v) is 5.36. The Kier molecular flexibility index (Phi) is 2.15. The van der Waals surface area contributed by atoms with Crippen LogP contribution < -0.4 is 5.73 Å². The van der Waals surface area contributed by atoms with Crippen LogP contribution in [0.4, 0.5) is 5.69 Å². The number of fused-ring (bicyclic) bond motifs is 1. The Morgan fingerprint density at radius 1 is 1.15 bits per heavy atom. The van der Waals surface area contributed by atoms with Crippen molar-refractivity contribution in [2.45, 2.75) is 4.90 Å². The molecular weight excluding hydrogens is 178 g/mol. The molecule has 2 rings (SSSR count). The van der Waals surface area contributed by atoms with E-state index in [1.807, 2.05) is 12.1 Å². The maximum absolute atomic E-state index is 5.71. The van der Waals surface area contributed by atoms with Crippen molar-refractivity contribution >= 4 is 28.2 Å². The van der Waals surface area contributed by atoms with Crippen molar-refractivity contribution in [3.63, 3.8) is 0 Å². The summed E-state index contributed by atoms with van der Waals surface area (Å²) in [5.74, 6) is 0. The molecule has 0 fully saturated rings. The highest BCUT2D eigenvalue weighted by atomic mass is 32.2. The Balaban J connectivity index is 2.77. The molecule has 0 amide bonds. The van der Waals surface area contributed by atoms with Crippen LogP contribution in [0.2, 0.25) is 0 Å². The van der Waals surface area contributed by atoms with Gasteiger partial charge in [0.2, 0.25) is 0 Å². The molecule has 2 heteroatoms. The second kappa shape index (κ2) is 3.30. The maximum atomic E-state index is 5.71. The monoisotopic (exact) mass is 189 g/mol. The molecule has 13 heavy (non-hydrogen) atoms. The van der Waals surface area contributed by atoms with Crippen LogP contribution in [-0.2, 0) is 0 Å². The number of thioether (sulfide) groups is 1. The predicted molar refractivity (Wildman–Crippen MR) is 60.1 cm³/mol. The Morgan fingerprint density at radius 3 is 2.77 bits per heavy atom. The Hall–Kier alpha value is -1.15. The molecule has 2 N–H and O–H groups in total. The fourth-order valence-corrected chi connectivity index (χ4v) is 2.07. The van der Waals surface area contributed by atoms with Crippen LogP contribution in [0.25, 0.3) is 10.8 Å². The Morgan fingerprint density at radius 2 is 2.00 bits per heavy atom. The van der Waals surface area contributed by atoms with Gasteiger partial charge in [0.1, 0.15) is 0 Å². The minimum atomic E-state index is 0.825. The van der Waals surface area contributed by atoms with Crippen LogP contribution in [0, 0.1) is 0 Å². The van der Waals surface area contributed by atoms with E-state index in [2.05, 4.69) is 30.5 Å². The van der Waals surface area contributed by atoms with E-state index in [1.165, 1.54) is 15.7 Å². The Labute approximate surface area is 81.9 Å². The fourth-order valence-electron chi connectivity index (χ4n) is 1.45. The fraction of sp³-hybridized carbons (Fsp3) is 0.0909. The van der Waals surface area contributed by atoms with Crippen LogP contribution >= 0.6 is 11.8 Å². The average Bonchev–Trinajstić information content (AvgIpc) is 2.16. The normalized spacial score (nSPS) is 10.5. The molecule has 0 saturated carbocycles. The third kappa shape index (κ3) is 1.49. The molecule has 0 spiro atoms. The first-order chi connectivity index (χ1) is 6.31. The summed E-state index contributed by atoms with van der Waals surface area (Å²) in [7, 11) is 0. The minimum absolute atomic E-state index is 0.825. The number of nitrogen functional groups attached to an aromatic ring is 1. The molecule has 0 aliphatic heterocycles. The zero-order valence-electron chi connectivity index (χ0n) is 7.45. The number of benzene rings is 2. The number of anilines is 1. The average molecular weight is 189 g/mol. The lowest BCUT2D eigenvalue weighted by Crippen LogP contribution is -1.84.